The van der Waals surface area contributed by atoms with E-state index in [9.17, 15) is 20.0 Å². The molecule has 2 N–H and O–H groups in total. The summed E-state index contributed by atoms with van der Waals surface area (Å²) in [5, 5.41) is 26.6. The van der Waals surface area contributed by atoms with E-state index >= 15 is 0 Å². The summed E-state index contributed by atoms with van der Waals surface area (Å²) in [7, 11) is 0. The SMILES string of the molecule is O=C(N/N=C\c1ccc(-c2ccc([N+](=O)[O-])cc2Cl)o1)c1cc2ccccc2cc1O. The number of nitrogens with zero attached hydrogens (tertiary/aromatic N) is 2. The van der Waals surface area contributed by atoms with Crippen LogP contribution in [0.25, 0.3) is 22.1 Å². The zero-order valence-electron chi connectivity index (χ0n) is 15.8. The molecular weight excluding hydrogens is 422 g/mol. The molecule has 0 saturated carbocycles. The van der Waals surface area contributed by atoms with Crippen molar-refractivity contribution in [1.82, 2.24) is 5.43 Å². The van der Waals surface area contributed by atoms with Gasteiger partial charge in [0.15, 0.2) is 0 Å². The van der Waals surface area contributed by atoms with Crippen molar-refractivity contribution in [2.75, 3.05) is 0 Å². The van der Waals surface area contributed by atoms with Gasteiger partial charge >= 0.3 is 0 Å². The number of carbonyl (C=O) groups excluding carboxylic acids is 1. The molecule has 4 aromatic rings. The van der Waals surface area contributed by atoms with E-state index in [1.165, 1.54) is 30.5 Å². The summed E-state index contributed by atoms with van der Waals surface area (Å²) in [6.45, 7) is 0. The number of nitro groups is 1. The summed E-state index contributed by atoms with van der Waals surface area (Å²) >= 11 is 6.11. The van der Waals surface area contributed by atoms with Crippen molar-refractivity contribution in [2.45, 2.75) is 0 Å². The number of non-ortho nitro benzene ring substituents is 1. The highest BCUT2D eigenvalue weighted by atomic mass is 35.5. The Morgan fingerprint density at radius 1 is 1.10 bits per heavy atom. The summed E-state index contributed by atoms with van der Waals surface area (Å²) < 4.78 is 5.62. The lowest BCUT2D eigenvalue weighted by atomic mass is 10.1. The van der Waals surface area contributed by atoms with Crippen molar-refractivity contribution in [3.05, 3.63) is 93.2 Å². The van der Waals surface area contributed by atoms with E-state index in [0.29, 0.717) is 17.1 Å². The van der Waals surface area contributed by atoms with Crippen molar-refractivity contribution in [2.24, 2.45) is 5.10 Å². The first-order chi connectivity index (χ1) is 14.9. The lowest BCUT2D eigenvalue weighted by Gasteiger charge is -2.05. The highest BCUT2D eigenvalue weighted by molar-refractivity contribution is 6.33. The number of phenols is 1. The van der Waals surface area contributed by atoms with Gasteiger partial charge in [0, 0.05) is 17.7 Å². The minimum Gasteiger partial charge on any atom is -0.507 e. The normalized spacial score (nSPS) is 11.1. The van der Waals surface area contributed by atoms with Crippen LogP contribution in [0, 0.1) is 10.1 Å². The number of carbonyl (C=O) groups is 1. The number of hydrogen-bond donors (Lipinski definition) is 2. The highest BCUT2D eigenvalue weighted by Crippen LogP contribution is 2.32. The number of hydrogen-bond acceptors (Lipinski definition) is 6. The summed E-state index contributed by atoms with van der Waals surface area (Å²) in [5.41, 5.74) is 2.79. The first-order valence-corrected chi connectivity index (χ1v) is 9.39. The average Bonchev–Trinajstić information content (AvgIpc) is 3.21. The van der Waals surface area contributed by atoms with Crippen molar-refractivity contribution < 1.29 is 19.2 Å². The Morgan fingerprint density at radius 3 is 2.55 bits per heavy atom. The zero-order valence-corrected chi connectivity index (χ0v) is 16.5. The molecule has 0 bridgehead atoms. The minimum absolute atomic E-state index is 0.0913. The van der Waals surface area contributed by atoms with Crippen molar-refractivity contribution in [1.29, 1.82) is 0 Å². The molecule has 0 unspecified atom stereocenters. The van der Waals surface area contributed by atoms with E-state index < -0.39 is 10.8 Å². The maximum absolute atomic E-state index is 12.4. The molecule has 0 radical (unpaired) electrons. The molecule has 8 nitrogen and oxygen atoms in total. The fraction of sp³-hybridized carbons (Fsp3) is 0. The second-order valence-corrected chi connectivity index (χ2v) is 6.95. The molecule has 1 heterocycles. The van der Waals surface area contributed by atoms with Gasteiger partial charge in [-0.2, -0.15) is 5.10 Å². The Bertz CT molecular complexity index is 1350. The quantitative estimate of drug-likeness (QED) is 0.256. The average molecular weight is 436 g/mol. The van der Waals surface area contributed by atoms with Crippen LogP contribution in [-0.4, -0.2) is 22.2 Å². The molecule has 0 aliphatic heterocycles. The van der Waals surface area contributed by atoms with Gasteiger partial charge in [0.2, 0.25) is 0 Å². The maximum Gasteiger partial charge on any atom is 0.275 e. The Morgan fingerprint density at radius 2 is 1.84 bits per heavy atom. The highest BCUT2D eigenvalue weighted by Gasteiger charge is 2.14. The fourth-order valence-corrected chi connectivity index (χ4v) is 3.28. The number of amides is 1. The van der Waals surface area contributed by atoms with Crippen molar-refractivity contribution in [3.63, 3.8) is 0 Å². The van der Waals surface area contributed by atoms with E-state index in [1.807, 2.05) is 24.3 Å². The molecule has 0 aliphatic carbocycles. The van der Waals surface area contributed by atoms with E-state index in [4.69, 9.17) is 16.0 Å². The largest absolute Gasteiger partial charge is 0.507 e. The summed E-state index contributed by atoms with van der Waals surface area (Å²) in [5.74, 6) is -0.0171. The van der Waals surface area contributed by atoms with Gasteiger partial charge in [0.1, 0.15) is 17.3 Å². The zero-order chi connectivity index (χ0) is 22.0. The first-order valence-electron chi connectivity index (χ1n) is 9.01. The van der Waals surface area contributed by atoms with Gasteiger partial charge in [-0.05, 0) is 41.1 Å². The molecule has 154 valence electrons. The Hall–Kier alpha value is -4.17. The third kappa shape index (κ3) is 4.24. The topological polar surface area (TPSA) is 118 Å². The number of nitro benzene ring substituents is 1. The van der Waals surface area contributed by atoms with E-state index in [-0.39, 0.29) is 22.0 Å². The third-order valence-corrected chi connectivity index (χ3v) is 4.83. The lowest BCUT2D eigenvalue weighted by Crippen LogP contribution is -2.17. The monoisotopic (exact) mass is 435 g/mol. The Kier molecular flexibility index (Phi) is 5.38. The van der Waals surface area contributed by atoms with Gasteiger partial charge in [-0.15, -0.1) is 0 Å². The van der Waals surface area contributed by atoms with Crippen LogP contribution in [0.1, 0.15) is 16.1 Å². The van der Waals surface area contributed by atoms with Gasteiger partial charge < -0.3 is 9.52 Å². The molecule has 31 heavy (non-hydrogen) atoms. The van der Waals surface area contributed by atoms with Gasteiger partial charge in [-0.3, -0.25) is 14.9 Å². The van der Waals surface area contributed by atoms with Crippen LogP contribution >= 0.6 is 11.6 Å². The van der Waals surface area contributed by atoms with Gasteiger partial charge in [0.05, 0.1) is 21.7 Å². The van der Waals surface area contributed by atoms with Gasteiger partial charge in [-0.25, -0.2) is 5.43 Å². The minimum atomic E-state index is -0.579. The molecule has 1 aromatic heterocycles. The number of furan rings is 1. The fourth-order valence-electron chi connectivity index (χ4n) is 3.01. The molecule has 4 rings (SSSR count). The van der Waals surface area contributed by atoms with Crippen molar-refractivity contribution in [3.8, 4) is 17.1 Å². The molecule has 3 aromatic carbocycles. The summed E-state index contributed by atoms with van der Waals surface area (Å²) in [4.78, 5) is 22.7. The van der Waals surface area contributed by atoms with Crippen LogP contribution in [0.5, 0.6) is 5.75 Å². The second kappa shape index (κ2) is 8.29. The van der Waals surface area contributed by atoms with E-state index in [0.717, 1.165) is 10.8 Å². The predicted octanol–water partition coefficient (Wildman–Crippen LogP) is 5.13. The summed E-state index contributed by atoms with van der Waals surface area (Å²) in [6.07, 6.45) is 1.29. The number of hydrazone groups is 1. The van der Waals surface area contributed by atoms with Gasteiger partial charge in [-0.1, -0.05) is 35.9 Å². The Labute approximate surface area is 180 Å². The van der Waals surface area contributed by atoms with Crippen LogP contribution in [0.4, 0.5) is 5.69 Å². The molecule has 1 amide bonds. The smallest absolute Gasteiger partial charge is 0.275 e. The lowest BCUT2D eigenvalue weighted by molar-refractivity contribution is -0.384. The third-order valence-electron chi connectivity index (χ3n) is 4.52. The number of rotatable bonds is 5. The number of benzene rings is 3. The van der Waals surface area contributed by atoms with Crippen LogP contribution in [0.3, 0.4) is 0 Å². The number of nitrogens with one attached hydrogen (secondary N) is 1. The number of phenolic OH excluding ortho intramolecular Hbond substituents is 1. The molecule has 0 atom stereocenters. The first kappa shape index (κ1) is 20.1. The maximum atomic E-state index is 12.4. The van der Waals surface area contributed by atoms with Crippen LogP contribution in [0.15, 0.2) is 76.2 Å². The molecule has 0 saturated heterocycles. The van der Waals surface area contributed by atoms with Crippen LogP contribution in [0.2, 0.25) is 5.02 Å². The Balaban J connectivity index is 1.48. The molecule has 9 heteroatoms. The van der Waals surface area contributed by atoms with E-state index in [2.05, 4.69) is 10.5 Å². The number of aromatic hydroxyl groups is 1. The summed E-state index contributed by atoms with van der Waals surface area (Å²) in [6, 6.07) is 17.7. The van der Waals surface area contributed by atoms with E-state index in [1.54, 1.807) is 18.2 Å². The molecular formula is C22H14ClN3O5. The second-order valence-electron chi connectivity index (χ2n) is 6.54. The standard InChI is InChI=1S/C22H14ClN3O5/c23-19-11-15(26(29)30)5-7-17(19)21-8-6-16(31-21)12-24-25-22(28)18-9-13-3-1-2-4-14(13)10-20(18)27/h1-12,27H,(H,25,28)/b24-12-. The van der Waals surface area contributed by atoms with Crippen LogP contribution in [-0.2, 0) is 0 Å². The van der Waals surface area contributed by atoms with Crippen molar-refractivity contribution >= 4 is 40.2 Å². The van der Waals surface area contributed by atoms with Crippen LogP contribution < -0.4 is 5.43 Å². The number of fused-ring (bicyclic) bond motifs is 1. The molecule has 0 aliphatic rings. The predicted molar refractivity (Wildman–Crippen MR) is 116 cm³/mol. The molecule has 0 fully saturated rings. The number of halogens is 1. The van der Waals surface area contributed by atoms with Gasteiger partial charge in [0.25, 0.3) is 11.6 Å². The molecule has 0 spiro atoms.